The fraction of sp³-hybridized carbons (Fsp3) is 0.391. The van der Waals surface area contributed by atoms with Gasteiger partial charge in [0.05, 0.1) is 20.8 Å². The van der Waals surface area contributed by atoms with Crippen LogP contribution in [0.1, 0.15) is 229 Å². The second-order valence-corrected chi connectivity index (χ2v) is 41.0. The van der Waals surface area contributed by atoms with Crippen LogP contribution in [0.15, 0.2) is 143 Å². The van der Waals surface area contributed by atoms with Crippen LogP contribution in [0.25, 0.3) is 131 Å². The standard InChI is InChI=1S/C92H102N2S12/c1-7-13-19-25-33-61-53-81(97-59-61)69-43-47-77(99-69)91-65(37-29-23-17-11-5)57-83(105-91)71-45-49-75(101-71)89-63(35-27-21-15-9-3)55-79(103-89)67-41-42-68(86-85(67)93-87(73-39-31-51-95-73)88(94-86)74-40-32-52-96-74)80-56-64(36-28-22-16-10-4)90(104-80)76-50-46-72(102-76)84-58-66(38-30-24-18-12-6)92(106-84)78-48-44-70(100-78)82-54-62(60-98-82)34-26-20-14-8-2/h31-32,39-60H,7-30,33-38H2,1-6H3. The summed E-state index contributed by atoms with van der Waals surface area (Å²) < 4.78 is 0. The third-order valence-corrected chi connectivity index (χ3v) is 34.9. The molecule has 0 amide bonds. The van der Waals surface area contributed by atoms with E-state index in [2.05, 4.69) is 184 Å². The first kappa shape index (κ1) is 77.7. The number of aryl methyl sites for hydroxylation is 6. The second-order valence-electron chi connectivity index (χ2n) is 28.8. The van der Waals surface area contributed by atoms with Gasteiger partial charge in [0.25, 0.3) is 0 Å². The van der Waals surface area contributed by atoms with Crippen molar-refractivity contribution in [1.82, 2.24) is 9.97 Å². The van der Waals surface area contributed by atoms with E-state index < -0.39 is 0 Å². The Labute approximate surface area is 680 Å². The fourth-order valence-electron chi connectivity index (χ4n) is 14.6. The average Bonchev–Trinajstić information content (AvgIpc) is 1.36. The van der Waals surface area contributed by atoms with Crippen LogP contribution >= 0.6 is 136 Å². The van der Waals surface area contributed by atoms with Crippen LogP contribution in [-0.2, 0) is 38.5 Å². The number of hydrogen-bond acceptors (Lipinski definition) is 14. The molecule has 0 spiro atoms. The number of rotatable bonds is 42. The third-order valence-electron chi connectivity index (χ3n) is 20.5. The lowest BCUT2D eigenvalue weighted by Crippen LogP contribution is -1.96. The Morgan fingerprint density at radius 2 is 0.528 bits per heavy atom. The molecule has 0 bridgehead atoms. The molecule has 13 aromatic heterocycles. The molecule has 0 saturated heterocycles. The van der Waals surface area contributed by atoms with Crippen LogP contribution < -0.4 is 0 Å². The maximum atomic E-state index is 5.94. The first-order valence-corrected chi connectivity index (χ1v) is 49.8. The molecular formula is C92H102N2S12. The Bertz CT molecular complexity index is 4710. The molecule has 106 heavy (non-hydrogen) atoms. The summed E-state index contributed by atoms with van der Waals surface area (Å²) in [7, 11) is 0. The van der Waals surface area contributed by atoms with E-state index in [1.54, 1.807) is 22.7 Å². The predicted octanol–water partition coefficient (Wildman–Crippen LogP) is 35.1. The monoisotopic (exact) mass is 1620 g/mol. The summed E-state index contributed by atoms with van der Waals surface area (Å²) in [5.41, 5.74) is 15.2. The highest BCUT2D eigenvalue weighted by molar-refractivity contribution is 7.31. The van der Waals surface area contributed by atoms with E-state index in [1.165, 1.54) is 299 Å². The SMILES string of the molecule is CCCCCCc1csc(-c2ccc(-c3sc(-c4ccc(-c5sc(-c6ccc(-c7cc(CCCCCC)c(-c8ccc(-c9cc(CCCCCC)c(-c%10ccc(-c%11cc(CCCCCC)cs%11)s%10)s9)s8)s7)c7nc(-c8cccs8)c(-c8cccs8)nc67)cc5CCCCCC)s4)cc3CCCCCC)s2)c1. The van der Waals surface area contributed by atoms with Gasteiger partial charge in [-0.25, -0.2) is 9.97 Å². The van der Waals surface area contributed by atoms with Crippen LogP contribution in [0.5, 0.6) is 0 Å². The Hall–Kier alpha value is -5.04. The van der Waals surface area contributed by atoms with Gasteiger partial charge >= 0.3 is 0 Å². The zero-order chi connectivity index (χ0) is 72.6. The van der Waals surface area contributed by atoms with E-state index >= 15 is 0 Å². The molecule has 1 aromatic carbocycles. The van der Waals surface area contributed by atoms with Crippen molar-refractivity contribution in [2.75, 3.05) is 0 Å². The number of nitrogens with zero attached hydrogens (tertiary/aromatic N) is 2. The summed E-state index contributed by atoms with van der Waals surface area (Å²) in [4.78, 5) is 39.2. The number of benzene rings is 1. The van der Waals surface area contributed by atoms with E-state index in [0.717, 1.165) is 57.9 Å². The molecule has 0 radical (unpaired) electrons. The van der Waals surface area contributed by atoms with Gasteiger partial charge in [-0.2, -0.15) is 0 Å². The molecule has 0 aliphatic heterocycles. The Balaban J connectivity index is 0.822. The smallest absolute Gasteiger partial charge is 0.108 e. The predicted molar refractivity (Wildman–Crippen MR) is 486 cm³/mol. The fourth-order valence-corrected chi connectivity index (χ4v) is 27.8. The first-order chi connectivity index (χ1) is 52.3. The van der Waals surface area contributed by atoms with Crippen LogP contribution in [-0.4, -0.2) is 9.97 Å². The zero-order valence-corrected chi connectivity index (χ0v) is 72.7. The van der Waals surface area contributed by atoms with E-state index in [9.17, 15) is 0 Å². The highest BCUT2D eigenvalue weighted by Crippen LogP contribution is 2.53. The summed E-state index contributed by atoms with van der Waals surface area (Å²) in [5, 5.41) is 9.20. The van der Waals surface area contributed by atoms with Crippen molar-refractivity contribution < 1.29 is 0 Å². The van der Waals surface area contributed by atoms with Gasteiger partial charge in [0.2, 0.25) is 0 Å². The molecule has 2 nitrogen and oxygen atoms in total. The molecule has 0 N–H and O–H groups in total. The first-order valence-electron chi connectivity index (χ1n) is 39.8. The van der Waals surface area contributed by atoms with Crippen molar-refractivity contribution >= 4 is 147 Å². The van der Waals surface area contributed by atoms with Gasteiger partial charge in [-0.3, -0.25) is 0 Å². The van der Waals surface area contributed by atoms with E-state index in [4.69, 9.17) is 9.97 Å². The van der Waals surface area contributed by atoms with Gasteiger partial charge in [0.1, 0.15) is 11.4 Å². The summed E-state index contributed by atoms with van der Waals surface area (Å²) >= 11 is 23.4. The minimum Gasteiger partial charge on any atom is -0.242 e. The largest absolute Gasteiger partial charge is 0.242 e. The molecule has 552 valence electrons. The third kappa shape index (κ3) is 18.9. The summed E-state index contributed by atoms with van der Waals surface area (Å²) in [6.45, 7) is 13.9. The van der Waals surface area contributed by atoms with Crippen LogP contribution in [0, 0.1) is 0 Å². The maximum absolute atomic E-state index is 5.94. The van der Waals surface area contributed by atoms with Gasteiger partial charge < -0.3 is 0 Å². The van der Waals surface area contributed by atoms with Crippen LogP contribution in [0.3, 0.4) is 0 Å². The molecule has 0 aliphatic rings. The molecular weight excluding hydrogens is 1520 g/mol. The number of thiophene rings is 12. The minimum absolute atomic E-state index is 0.968. The number of fused-ring (bicyclic) bond motifs is 1. The molecule has 14 aromatic rings. The quantitative estimate of drug-likeness (QED) is 0.0356. The lowest BCUT2D eigenvalue weighted by molar-refractivity contribution is 0.667. The molecule has 0 fully saturated rings. The van der Waals surface area contributed by atoms with E-state index in [0.29, 0.717) is 0 Å². The normalized spacial score (nSPS) is 11.9. The van der Waals surface area contributed by atoms with E-state index in [1.807, 2.05) is 113 Å². The molecule has 0 aliphatic carbocycles. The van der Waals surface area contributed by atoms with Crippen molar-refractivity contribution in [3.05, 3.63) is 176 Å². The van der Waals surface area contributed by atoms with Gasteiger partial charge in [-0.15, -0.1) is 136 Å². The lowest BCUT2D eigenvalue weighted by atomic mass is 10.0. The van der Waals surface area contributed by atoms with Gasteiger partial charge in [0, 0.05) is 98.9 Å². The van der Waals surface area contributed by atoms with Crippen molar-refractivity contribution in [3.63, 3.8) is 0 Å². The summed E-state index contributed by atoms with van der Waals surface area (Å²) in [6, 6.07) is 48.2. The second kappa shape index (κ2) is 38.7. The molecule has 14 rings (SSSR count). The summed E-state index contributed by atoms with van der Waals surface area (Å²) in [5.74, 6) is 0. The number of unbranched alkanes of at least 4 members (excludes halogenated alkanes) is 18. The Kier molecular flexibility index (Phi) is 28.4. The van der Waals surface area contributed by atoms with Crippen molar-refractivity contribution in [2.45, 2.75) is 234 Å². The van der Waals surface area contributed by atoms with Crippen molar-refractivity contribution in [2.24, 2.45) is 0 Å². The van der Waals surface area contributed by atoms with Crippen LogP contribution in [0.2, 0.25) is 0 Å². The molecule has 0 unspecified atom stereocenters. The van der Waals surface area contributed by atoms with Crippen molar-refractivity contribution in [3.8, 4) is 120 Å². The van der Waals surface area contributed by atoms with Crippen LogP contribution in [0.4, 0.5) is 0 Å². The van der Waals surface area contributed by atoms with E-state index in [-0.39, 0.29) is 0 Å². The molecule has 0 saturated carbocycles. The molecule has 14 heteroatoms. The minimum atomic E-state index is 0.968. The topological polar surface area (TPSA) is 25.8 Å². The molecule has 13 heterocycles. The Morgan fingerprint density at radius 3 is 0.840 bits per heavy atom. The maximum Gasteiger partial charge on any atom is 0.108 e. The Morgan fingerprint density at radius 1 is 0.236 bits per heavy atom. The molecule has 0 atom stereocenters. The lowest BCUT2D eigenvalue weighted by Gasteiger charge is -2.13. The van der Waals surface area contributed by atoms with Crippen molar-refractivity contribution in [1.29, 1.82) is 0 Å². The summed E-state index contributed by atoms with van der Waals surface area (Å²) in [6.07, 6.45) is 37.2. The number of hydrogen-bond donors (Lipinski definition) is 0. The zero-order valence-electron chi connectivity index (χ0n) is 62.9. The average molecular weight is 1620 g/mol. The number of aromatic nitrogens is 2. The van der Waals surface area contributed by atoms with Gasteiger partial charge in [-0.05, 0) is 229 Å². The van der Waals surface area contributed by atoms with Gasteiger partial charge in [0.15, 0.2) is 0 Å². The van der Waals surface area contributed by atoms with Gasteiger partial charge in [-0.1, -0.05) is 181 Å². The highest BCUT2D eigenvalue weighted by Gasteiger charge is 2.27. The highest BCUT2D eigenvalue weighted by atomic mass is 32.1.